The Morgan fingerprint density at radius 3 is 2.53 bits per heavy atom. The molecule has 1 saturated heterocycles. The zero-order valence-electron chi connectivity index (χ0n) is 11.9. The van der Waals surface area contributed by atoms with Crippen LogP contribution in [-0.2, 0) is 4.74 Å². The van der Waals surface area contributed by atoms with Crippen molar-refractivity contribution in [2.24, 2.45) is 10.7 Å². The van der Waals surface area contributed by atoms with Gasteiger partial charge in [0.15, 0.2) is 5.96 Å². The maximum absolute atomic E-state index is 6.00. The zero-order chi connectivity index (χ0) is 13.3. The molecule has 0 bridgehead atoms. The molecule has 0 aromatic carbocycles. The molecule has 4 nitrogen and oxygen atoms in total. The average molecular weight is 285 g/mol. The third-order valence-corrected chi connectivity index (χ3v) is 4.80. The Kier molecular flexibility index (Phi) is 6.85. The number of nitrogens with two attached hydrogens (primary N) is 1. The van der Waals surface area contributed by atoms with Crippen LogP contribution in [0.4, 0.5) is 0 Å². The molecule has 0 atom stereocenters. The van der Waals surface area contributed by atoms with Crippen molar-refractivity contribution in [3.63, 3.8) is 0 Å². The van der Waals surface area contributed by atoms with E-state index in [9.17, 15) is 0 Å². The van der Waals surface area contributed by atoms with Crippen LogP contribution >= 0.6 is 11.8 Å². The molecule has 0 aromatic rings. The van der Waals surface area contributed by atoms with Crippen LogP contribution in [0.1, 0.15) is 38.5 Å². The molecule has 110 valence electrons. The molecule has 2 fully saturated rings. The van der Waals surface area contributed by atoms with Gasteiger partial charge in [0.2, 0.25) is 0 Å². The first-order valence-electron chi connectivity index (χ1n) is 7.60. The van der Waals surface area contributed by atoms with Crippen LogP contribution in [-0.4, -0.2) is 54.7 Å². The molecular formula is C14H27N3OS. The minimum absolute atomic E-state index is 0.463. The highest BCUT2D eigenvalue weighted by Gasteiger charge is 2.13. The van der Waals surface area contributed by atoms with E-state index in [1.807, 2.05) is 11.8 Å². The second kappa shape index (κ2) is 8.69. The molecule has 1 saturated carbocycles. The van der Waals surface area contributed by atoms with Gasteiger partial charge in [-0.1, -0.05) is 25.7 Å². The molecule has 19 heavy (non-hydrogen) atoms. The molecule has 2 N–H and O–H groups in total. The minimum Gasteiger partial charge on any atom is -0.376 e. The fourth-order valence-corrected chi connectivity index (χ4v) is 3.58. The van der Waals surface area contributed by atoms with Crippen molar-refractivity contribution in [3.8, 4) is 0 Å². The van der Waals surface area contributed by atoms with E-state index in [0.717, 1.165) is 24.6 Å². The van der Waals surface area contributed by atoms with Crippen LogP contribution in [0.3, 0.4) is 0 Å². The second-order valence-electron chi connectivity index (χ2n) is 5.32. The van der Waals surface area contributed by atoms with Crippen molar-refractivity contribution in [3.05, 3.63) is 0 Å². The molecule has 0 aromatic heterocycles. The van der Waals surface area contributed by atoms with Crippen molar-refractivity contribution in [2.75, 3.05) is 37.7 Å². The van der Waals surface area contributed by atoms with Gasteiger partial charge in [0.25, 0.3) is 0 Å². The highest BCUT2D eigenvalue weighted by molar-refractivity contribution is 7.99. The fraction of sp³-hybridized carbons (Fsp3) is 0.929. The van der Waals surface area contributed by atoms with Gasteiger partial charge in [0.05, 0.1) is 19.3 Å². The van der Waals surface area contributed by atoms with Crippen molar-refractivity contribution in [2.45, 2.75) is 44.6 Å². The van der Waals surface area contributed by atoms with Crippen LogP contribution < -0.4 is 5.73 Å². The van der Waals surface area contributed by atoms with Gasteiger partial charge in [-0.2, -0.15) is 11.8 Å². The first-order valence-corrected chi connectivity index (χ1v) is 8.76. The predicted octanol–water partition coefficient (Wildman–Crippen LogP) is 2.09. The molecule has 2 aliphatic rings. The standard InChI is InChI=1S/C14H27N3OS/c15-14(17-8-11-19-12-9-17)16-7-10-18-13-5-3-1-2-4-6-13/h13H,1-12H2,(H2,15,16). The lowest BCUT2D eigenvalue weighted by Crippen LogP contribution is -2.42. The first kappa shape index (κ1) is 15.0. The monoisotopic (exact) mass is 285 g/mol. The van der Waals surface area contributed by atoms with Gasteiger partial charge < -0.3 is 15.4 Å². The highest BCUT2D eigenvalue weighted by Crippen LogP contribution is 2.19. The summed E-state index contributed by atoms with van der Waals surface area (Å²) < 4.78 is 5.92. The van der Waals surface area contributed by atoms with Crippen molar-refractivity contribution < 1.29 is 4.74 Å². The summed E-state index contributed by atoms with van der Waals surface area (Å²) in [7, 11) is 0. The SMILES string of the molecule is NC(=NCCOC1CCCCCC1)N1CCSCC1. The van der Waals surface area contributed by atoms with Gasteiger partial charge >= 0.3 is 0 Å². The molecule has 2 rings (SSSR count). The van der Waals surface area contributed by atoms with Crippen molar-refractivity contribution in [1.29, 1.82) is 0 Å². The third kappa shape index (κ3) is 5.61. The Labute approximate surface area is 121 Å². The molecule has 0 unspecified atom stereocenters. The summed E-state index contributed by atoms with van der Waals surface area (Å²) in [6.45, 7) is 3.48. The first-order chi connectivity index (χ1) is 9.36. The van der Waals surface area contributed by atoms with Crippen LogP contribution in [0, 0.1) is 0 Å². The Morgan fingerprint density at radius 1 is 1.16 bits per heavy atom. The summed E-state index contributed by atoms with van der Waals surface area (Å²) in [5.74, 6) is 3.02. The maximum atomic E-state index is 6.00. The lowest BCUT2D eigenvalue weighted by Gasteiger charge is -2.27. The molecule has 1 heterocycles. The van der Waals surface area contributed by atoms with Crippen LogP contribution in [0.5, 0.6) is 0 Å². The quantitative estimate of drug-likeness (QED) is 0.372. The van der Waals surface area contributed by atoms with E-state index in [4.69, 9.17) is 10.5 Å². The van der Waals surface area contributed by atoms with E-state index in [0.29, 0.717) is 25.2 Å². The number of thioether (sulfide) groups is 1. The molecular weight excluding hydrogens is 258 g/mol. The normalized spacial score (nSPS) is 23.4. The second-order valence-corrected chi connectivity index (χ2v) is 6.55. The van der Waals surface area contributed by atoms with E-state index in [2.05, 4.69) is 9.89 Å². The zero-order valence-corrected chi connectivity index (χ0v) is 12.7. The average Bonchev–Trinajstić information content (AvgIpc) is 2.73. The highest BCUT2D eigenvalue weighted by atomic mass is 32.2. The van der Waals surface area contributed by atoms with Crippen molar-refractivity contribution in [1.82, 2.24) is 4.90 Å². The number of hydrogen-bond acceptors (Lipinski definition) is 3. The fourth-order valence-electron chi connectivity index (χ4n) is 2.68. The number of hydrogen-bond donors (Lipinski definition) is 1. The summed E-state index contributed by atoms with van der Waals surface area (Å²) in [6, 6.07) is 0. The maximum Gasteiger partial charge on any atom is 0.191 e. The van der Waals surface area contributed by atoms with Gasteiger partial charge in [-0.3, -0.25) is 4.99 Å². The summed E-state index contributed by atoms with van der Waals surface area (Å²) in [6.07, 6.45) is 8.30. The third-order valence-electron chi connectivity index (χ3n) is 3.86. The molecule has 5 heteroatoms. The van der Waals surface area contributed by atoms with E-state index in [-0.39, 0.29) is 0 Å². The Balaban J connectivity index is 1.61. The summed E-state index contributed by atoms with van der Waals surface area (Å²) >= 11 is 1.99. The van der Waals surface area contributed by atoms with E-state index in [1.54, 1.807) is 0 Å². The van der Waals surface area contributed by atoms with E-state index >= 15 is 0 Å². The summed E-state index contributed by atoms with van der Waals surface area (Å²) in [5.41, 5.74) is 6.00. The van der Waals surface area contributed by atoms with Gasteiger partial charge in [-0.05, 0) is 12.8 Å². The molecule has 0 amide bonds. The Morgan fingerprint density at radius 2 is 1.84 bits per heavy atom. The lowest BCUT2D eigenvalue weighted by atomic mass is 10.1. The van der Waals surface area contributed by atoms with Crippen LogP contribution in [0.15, 0.2) is 4.99 Å². The minimum atomic E-state index is 0.463. The number of guanidine groups is 1. The number of aliphatic imine (C=N–C) groups is 1. The molecule has 0 spiro atoms. The Hall–Kier alpha value is -0.420. The van der Waals surface area contributed by atoms with Crippen LogP contribution in [0.25, 0.3) is 0 Å². The lowest BCUT2D eigenvalue weighted by molar-refractivity contribution is 0.0486. The summed E-state index contributed by atoms with van der Waals surface area (Å²) in [4.78, 5) is 6.62. The summed E-state index contributed by atoms with van der Waals surface area (Å²) in [5, 5.41) is 0. The Bertz CT molecular complexity index is 272. The van der Waals surface area contributed by atoms with Gasteiger partial charge in [-0.25, -0.2) is 0 Å². The van der Waals surface area contributed by atoms with Crippen molar-refractivity contribution >= 4 is 17.7 Å². The predicted molar refractivity (Wildman–Crippen MR) is 82.8 cm³/mol. The largest absolute Gasteiger partial charge is 0.376 e. The van der Waals surface area contributed by atoms with E-state index in [1.165, 1.54) is 38.5 Å². The topological polar surface area (TPSA) is 50.9 Å². The molecule has 1 aliphatic carbocycles. The van der Waals surface area contributed by atoms with Crippen LogP contribution in [0.2, 0.25) is 0 Å². The molecule has 1 aliphatic heterocycles. The van der Waals surface area contributed by atoms with Gasteiger partial charge in [0, 0.05) is 24.6 Å². The number of nitrogens with zero attached hydrogens (tertiary/aromatic N) is 2. The molecule has 0 radical (unpaired) electrons. The number of ether oxygens (including phenoxy) is 1. The smallest absolute Gasteiger partial charge is 0.191 e. The number of rotatable bonds is 4. The van der Waals surface area contributed by atoms with Gasteiger partial charge in [0.1, 0.15) is 0 Å². The van der Waals surface area contributed by atoms with E-state index < -0.39 is 0 Å². The van der Waals surface area contributed by atoms with Gasteiger partial charge in [-0.15, -0.1) is 0 Å².